The summed E-state index contributed by atoms with van der Waals surface area (Å²) in [5.74, 6) is 0. The van der Waals surface area contributed by atoms with E-state index in [9.17, 15) is 0 Å². The number of nitriles is 1. The van der Waals surface area contributed by atoms with Crippen LogP contribution in [0.3, 0.4) is 0 Å². The summed E-state index contributed by atoms with van der Waals surface area (Å²) in [6.45, 7) is 1.75. The molecule has 3 nitrogen and oxygen atoms in total. The van der Waals surface area contributed by atoms with Crippen molar-refractivity contribution in [3.8, 4) is 6.07 Å². The third kappa shape index (κ3) is 4.78. The minimum Gasteiger partial charge on any atom is -0.308 e. The molecule has 1 aromatic carbocycles. The Kier molecular flexibility index (Phi) is 6.06. The molecule has 0 spiro atoms. The van der Waals surface area contributed by atoms with Crippen molar-refractivity contribution in [3.05, 3.63) is 29.8 Å². The fourth-order valence-corrected chi connectivity index (χ4v) is 1.88. The highest BCUT2D eigenvalue weighted by molar-refractivity contribution is 7.98. The van der Waals surface area contributed by atoms with Crippen LogP contribution in [0.4, 0.5) is 0 Å². The van der Waals surface area contributed by atoms with Gasteiger partial charge in [0.25, 0.3) is 0 Å². The highest BCUT2D eigenvalue weighted by Crippen LogP contribution is 2.18. The third-order valence-electron chi connectivity index (χ3n) is 2.49. The first-order chi connectivity index (χ1) is 8.17. The van der Waals surface area contributed by atoms with Gasteiger partial charge in [0.15, 0.2) is 0 Å². The Balaban J connectivity index is 2.57. The van der Waals surface area contributed by atoms with Crippen molar-refractivity contribution in [1.29, 1.82) is 5.26 Å². The van der Waals surface area contributed by atoms with Gasteiger partial charge in [0.1, 0.15) is 6.04 Å². The van der Waals surface area contributed by atoms with Gasteiger partial charge in [0, 0.05) is 18.0 Å². The predicted molar refractivity (Wildman–Crippen MR) is 73.1 cm³/mol. The summed E-state index contributed by atoms with van der Waals surface area (Å²) in [6, 6.07) is 10.2. The zero-order valence-electron chi connectivity index (χ0n) is 10.6. The van der Waals surface area contributed by atoms with Gasteiger partial charge < -0.3 is 4.90 Å². The summed E-state index contributed by atoms with van der Waals surface area (Å²) < 4.78 is 0. The molecule has 0 aliphatic carbocycles. The van der Waals surface area contributed by atoms with Gasteiger partial charge in [-0.25, -0.2) is 0 Å². The number of hydrogen-bond acceptors (Lipinski definition) is 4. The summed E-state index contributed by atoms with van der Waals surface area (Å²) in [5, 5.41) is 12.4. The number of rotatable bonds is 6. The number of benzene rings is 1. The fourth-order valence-electron chi connectivity index (χ4n) is 1.47. The van der Waals surface area contributed by atoms with Gasteiger partial charge in [0.05, 0.1) is 6.07 Å². The molecular formula is C13H19N3S. The quantitative estimate of drug-likeness (QED) is 0.784. The third-order valence-corrected chi connectivity index (χ3v) is 3.23. The largest absolute Gasteiger partial charge is 0.308 e. The second-order valence-electron chi connectivity index (χ2n) is 4.09. The van der Waals surface area contributed by atoms with E-state index in [-0.39, 0.29) is 6.04 Å². The summed E-state index contributed by atoms with van der Waals surface area (Å²) in [4.78, 5) is 3.32. The molecule has 0 amide bonds. The number of hydrogen-bond donors (Lipinski definition) is 1. The maximum Gasteiger partial charge on any atom is 0.121 e. The molecule has 1 aromatic rings. The number of likely N-dealkylation sites (N-methyl/N-ethyl adjacent to an activating group) is 1. The van der Waals surface area contributed by atoms with Crippen LogP contribution in [-0.4, -0.2) is 38.3 Å². The Bertz CT molecular complexity index is 367. The van der Waals surface area contributed by atoms with Crippen molar-refractivity contribution < 1.29 is 0 Å². The minimum absolute atomic E-state index is 0.217. The average molecular weight is 249 g/mol. The fraction of sp³-hybridized carbons (Fsp3) is 0.462. The number of nitrogens with one attached hydrogen (secondary N) is 1. The van der Waals surface area contributed by atoms with Crippen LogP contribution in [0.5, 0.6) is 0 Å². The molecule has 17 heavy (non-hydrogen) atoms. The molecule has 0 aromatic heterocycles. The highest BCUT2D eigenvalue weighted by Gasteiger charge is 2.08. The second-order valence-corrected chi connectivity index (χ2v) is 4.97. The minimum atomic E-state index is -0.217. The summed E-state index contributed by atoms with van der Waals surface area (Å²) >= 11 is 1.71. The molecule has 0 aliphatic heterocycles. The Morgan fingerprint density at radius 3 is 2.47 bits per heavy atom. The topological polar surface area (TPSA) is 39.1 Å². The molecule has 0 saturated carbocycles. The normalized spacial score (nSPS) is 12.4. The first kappa shape index (κ1) is 14.0. The Morgan fingerprint density at radius 2 is 2.00 bits per heavy atom. The molecule has 0 bridgehead atoms. The molecule has 92 valence electrons. The Morgan fingerprint density at radius 1 is 1.35 bits per heavy atom. The van der Waals surface area contributed by atoms with Crippen LogP contribution in [0.2, 0.25) is 0 Å². The Hall–Kier alpha value is -1.02. The zero-order chi connectivity index (χ0) is 12.7. The standard InChI is InChI=1S/C13H19N3S/c1-16(2)9-8-15-13(10-14)11-4-6-12(17-3)7-5-11/h4-7,13,15H,8-9H2,1-3H3. The molecule has 1 atom stereocenters. The van der Waals surface area contributed by atoms with Gasteiger partial charge in [-0.1, -0.05) is 12.1 Å². The van der Waals surface area contributed by atoms with Gasteiger partial charge in [-0.3, -0.25) is 5.32 Å². The van der Waals surface area contributed by atoms with E-state index in [0.717, 1.165) is 18.7 Å². The van der Waals surface area contributed by atoms with Crippen molar-refractivity contribution in [3.63, 3.8) is 0 Å². The Labute approximate surface area is 108 Å². The van der Waals surface area contributed by atoms with Crippen LogP contribution in [0.15, 0.2) is 29.2 Å². The molecule has 0 radical (unpaired) electrons. The number of nitrogens with zero attached hydrogens (tertiary/aromatic N) is 2. The zero-order valence-corrected chi connectivity index (χ0v) is 11.4. The maximum absolute atomic E-state index is 9.14. The summed E-state index contributed by atoms with van der Waals surface area (Å²) in [7, 11) is 4.05. The van der Waals surface area contributed by atoms with E-state index in [0.29, 0.717) is 0 Å². The second kappa shape index (κ2) is 7.33. The van der Waals surface area contributed by atoms with E-state index in [4.69, 9.17) is 5.26 Å². The van der Waals surface area contributed by atoms with Crippen LogP contribution in [0.1, 0.15) is 11.6 Å². The molecule has 0 heterocycles. The van der Waals surface area contributed by atoms with E-state index in [1.807, 2.05) is 32.5 Å². The molecule has 4 heteroatoms. The van der Waals surface area contributed by atoms with Crippen LogP contribution in [-0.2, 0) is 0 Å². The SMILES string of the molecule is CSc1ccc(C(C#N)NCCN(C)C)cc1. The smallest absolute Gasteiger partial charge is 0.121 e. The van der Waals surface area contributed by atoms with Crippen molar-refractivity contribution in [2.24, 2.45) is 0 Å². The van der Waals surface area contributed by atoms with E-state index < -0.39 is 0 Å². The van der Waals surface area contributed by atoms with E-state index in [1.54, 1.807) is 11.8 Å². The van der Waals surface area contributed by atoms with Gasteiger partial charge >= 0.3 is 0 Å². The first-order valence-corrected chi connectivity index (χ1v) is 6.81. The molecule has 1 rings (SSSR count). The monoisotopic (exact) mass is 249 g/mol. The predicted octanol–water partition coefficient (Wildman–Crippen LogP) is 2.12. The summed E-state index contributed by atoms with van der Waals surface area (Å²) in [5.41, 5.74) is 1.03. The van der Waals surface area contributed by atoms with Crippen molar-refractivity contribution in [2.45, 2.75) is 10.9 Å². The number of thioether (sulfide) groups is 1. The van der Waals surface area contributed by atoms with Gasteiger partial charge in [-0.05, 0) is 38.0 Å². The molecule has 0 fully saturated rings. The molecular weight excluding hydrogens is 230 g/mol. The maximum atomic E-state index is 9.14. The van der Waals surface area contributed by atoms with Crippen LogP contribution < -0.4 is 5.32 Å². The average Bonchev–Trinajstić information content (AvgIpc) is 2.34. The highest BCUT2D eigenvalue weighted by atomic mass is 32.2. The van der Waals surface area contributed by atoms with Gasteiger partial charge in [-0.15, -0.1) is 11.8 Å². The van der Waals surface area contributed by atoms with Crippen LogP contribution in [0, 0.1) is 11.3 Å². The molecule has 1 N–H and O–H groups in total. The molecule has 0 aliphatic rings. The first-order valence-electron chi connectivity index (χ1n) is 5.59. The lowest BCUT2D eigenvalue weighted by atomic mass is 10.1. The van der Waals surface area contributed by atoms with E-state index >= 15 is 0 Å². The molecule has 1 unspecified atom stereocenters. The van der Waals surface area contributed by atoms with Crippen LogP contribution in [0.25, 0.3) is 0 Å². The lowest BCUT2D eigenvalue weighted by Crippen LogP contribution is -2.29. The van der Waals surface area contributed by atoms with Crippen molar-refractivity contribution in [2.75, 3.05) is 33.4 Å². The van der Waals surface area contributed by atoms with E-state index in [2.05, 4.69) is 28.4 Å². The van der Waals surface area contributed by atoms with E-state index in [1.165, 1.54) is 4.90 Å². The van der Waals surface area contributed by atoms with Crippen LogP contribution >= 0.6 is 11.8 Å². The van der Waals surface area contributed by atoms with Crippen molar-refractivity contribution in [1.82, 2.24) is 10.2 Å². The molecule has 0 saturated heterocycles. The van der Waals surface area contributed by atoms with Gasteiger partial charge in [-0.2, -0.15) is 5.26 Å². The summed E-state index contributed by atoms with van der Waals surface area (Å²) in [6.07, 6.45) is 2.05. The lowest BCUT2D eigenvalue weighted by Gasteiger charge is -2.14. The van der Waals surface area contributed by atoms with Crippen molar-refractivity contribution >= 4 is 11.8 Å². The lowest BCUT2D eigenvalue weighted by molar-refractivity contribution is 0.395. The van der Waals surface area contributed by atoms with Gasteiger partial charge in [0.2, 0.25) is 0 Å².